The molecular formula is C12H24N2O. The molecule has 0 saturated heterocycles. The van der Waals surface area contributed by atoms with Gasteiger partial charge in [-0.15, -0.1) is 0 Å². The number of rotatable bonds is 6. The van der Waals surface area contributed by atoms with E-state index in [2.05, 4.69) is 24.5 Å². The molecule has 1 amide bonds. The number of nitrogens with one attached hydrogen (secondary N) is 2. The van der Waals surface area contributed by atoms with Crippen molar-refractivity contribution in [2.24, 2.45) is 5.92 Å². The van der Waals surface area contributed by atoms with Crippen molar-refractivity contribution in [2.45, 2.75) is 58.5 Å². The first kappa shape index (κ1) is 12.5. The van der Waals surface area contributed by atoms with Gasteiger partial charge in [-0.2, -0.15) is 0 Å². The van der Waals surface area contributed by atoms with Gasteiger partial charge in [-0.25, -0.2) is 0 Å². The summed E-state index contributed by atoms with van der Waals surface area (Å²) >= 11 is 0. The summed E-state index contributed by atoms with van der Waals surface area (Å²) in [7, 11) is 0. The molecule has 1 rings (SSSR count). The molecule has 1 fully saturated rings. The zero-order chi connectivity index (χ0) is 11.3. The minimum Gasteiger partial charge on any atom is -0.355 e. The van der Waals surface area contributed by atoms with Gasteiger partial charge in [0.25, 0.3) is 0 Å². The van der Waals surface area contributed by atoms with Crippen molar-refractivity contribution in [3.63, 3.8) is 0 Å². The van der Waals surface area contributed by atoms with Crippen LogP contribution in [0.5, 0.6) is 0 Å². The third-order valence-corrected chi connectivity index (χ3v) is 3.08. The molecule has 0 aromatic rings. The molecule has 0 bridgehead atoms. The maximum atomic E-state index is 11.6. The molecule has 1 aliphatic rings. The molecule has 15 heavy (non-hydrogen) atoms. The van der Waals surface area contributed by atoms with Gasteiger partial charge in [0, 0.05) is 12.6 Å². The summed E-state index contributed by atoms with van der Waals surface area (Å²) in [4.78, 5) is 11.6. The second-order valence-corrected chi connectivity index (χ2v) is 4.81. The van der Waals surface area contributed by atoms with Crippen LogP contribution in [0.2, 0.25) is 0 Å². The van der Waals surface area contributed by atoms with Crippen LogP contribution in [0.1, 0.15) is 46.5 Å². The van der Waals surface area contributed by atoms with E-state index >= 15 is 0 Å². The first-order valence-corrected chi connectivity index (χ1v) is 6.17. The van der Waals surface area contributed by atoms with Crippen LogP contribution in [0.3, 0.4) is 0 Å². The van der Waals surface area contributed by atoms with Crippen molar-refractivity contribution in [3.8, 4) is 0 Å². The highest BCUT2D eigenvalue weighted by Gasteiger charge is 2.27. The van der Waals surface area contributed by atoms with E-state index in [-0.39, 0.29) is 11.9 Å². The van der Waals surface area contributed by atoms with E-state index in [0.29, 0.717) is 6.04 Å². The van der Waals surface area contributed by atoms with Crippen LogP contribution in [-0.4, -0.2) is 24.5 Å². The topological polar surface area (TPSA) is 41.1 Å². The summed E-state index contributed by atoms with van der Waals surface area (Å²) in [6, 6.07) is 0.520. The highest BCUT2D eigenvalue weighted by atomic mass is 16.2. The van der Waals surface area contributed by atoms with Crippen molar-refractivity contribution >= 4 is 5.91 Å². The Labute approximate surface area is 93.0 Å². The van der Waals surface area contributed by atoms with Crippen LogP contribution in [0.4, 0.5) is 0 Å². The fourth-order valence-corrected chi connectivity index (χ4v) is 2.01. The van der Waals surface area contributed by atoms with Crippen molar-refractivity contribution in [1.82, 2.24) is 10.6 Å². The highest BCUT2D eigenvalue weighted by molar-refractivity contribution is 5.81. The lowest BCUT2D eigenvalue weighted by atomic mass is 9.81. The van der Waals surface area contributed by atoms with Gasteiger partial charge in [0.2, 0.25) is 5.91 Å². The zero-order valence-electron chi connectivity index (χ0n) is 10.2. The molecule has 0 aromatic carbocycles. The maximum absolute atomic E-state index is 11.6. The predicted octanol–water partition coefficient (Wildman–Crippen LogP) is 1.68. The quantitative estimate of drug-likeness (QED) is 0.658. The van der Waals surface area contributed by atoms with E-state index in [1.165, 1.54) is 12.8 Å². The Kier molecular flexibility index (Phi) is 5.09. The maximum Gasteiger partial charge on any atom is 0.236 e. The minimum absolute atomic E-state index is 0.0423. The van der Waals surface area contributed by atoms with Gasteiger partial charge >= 0.3 is 0 Å². The predicted molar refractivity (Wildman–Crippen MR) is 62.7 cm³/mol. The van der Waals surface area contributed by atoms with Crippen LogP contribution < -0.4 is 10.6 Å². The Hall–Kier alpha value is -0.570. The molecule has 1 saturated carbocycles. The van der Waals surface area contributed by atoms with Crippen molar-refractivity contribution in [2.75, 3.05) is 6.54 Å². The Balaban J connectivity index is 2.10. The van der Waals surface area contributed by atoms with Crippen molar-refractivity contribution in [3.05, 3.63) is 0 Å². The number of carbonyl (C=O) groups is 1. The lowest BCUT2D eigenvalue weighted by molar-refractivity contribution is -0.123. The number of hydrogen-bond acceptors (Lipinski definition) is 2. The molecule has 0 aromatic heterocycles. The van der Waals surface area contributed by atoms with Crippen LogP contribution in [0.25, 0.3) is 0 Å². The summed E-state index contributed by atoms with van der Waals surface area (Å²) in [5.74, 6) is 0.973. The van der Waals surface area contributed by atoms with Gasteiger partial charge in [0.05, 0.1) is 6.04 Å². The van der Waals surface area contributed by atoms with Gasteiger partial charge < -0.3 is 10.6 Å². The Morgan fingerprint density at radius 2 is 2.13 bits per heavy atom. The van der Waals surface area contributed by atoms with Crippen LogP contribution >= 0.6 is 0 Å². The van der Waals surface area contributed by atoms with E-state index in [1.54, 1.807) is 0 Å². The smallest absolute Gasteiger partial charge is 0.236 e. The number of carbonyl (C=O) groups excluding carboxylic acids is 1. The van der Waals surface area contributed by atoms with E-state index in [1.807, 2.05) is 6.92 Å². The minimum atomic E-state index is -0.0423. The second kappa shape index (κ2) is 6.11. The fraction of sp³-hybridized carbons (Fsp3) is 0.917. The fourth-order valence-electron chi connectivity index (χ4n) is 2.01. The number of unbranched alkanes of at least 4 members (excludes halogenated alkanes) is 1. The number of amides is 1. The monoisotopic (exact) mass is 212 g/mol. The van der Waals surface area contributed by atoms with Gasteiger partial charge in [0.1, 0.15) is 0 Å². The summed E-state index contributed by atoms with van der Waals surface area (Å²) in [6.07, 6.45) is 4.63. The lowest BCUT2D eigenvalue weighted by Crippen LogP contribution is -2.50. The van der Waals surface area contributed by atoms with Gasteiger partial charge in [0.15, 0.2) is 0 Å². The van der Waals surface area contributed by atoms with Crippen molar-refractivity contribution in [1.29, 1.82) is 0 Å². The van der Waals surface area contributed by atoms with Crippen LogP contribution in [0, 0.1) is 5.92 Å². The molecule has 2 N–H and O–H groups in total. The summed E-state index contributed by atoms with van der Waals surface area (Å²) in [5, 5.41) is 6.31. The normalized spacial score (nSPS) is 26.9. The first-order valence-electron chi connectivity index (χ1n) is 6.17. The Morgan fingerprint density at radius 1 is 1.47 bits per heavy atom. The molecule has 0 spiro atoms. The molecule has 3 heteroatoms. The molecule has 0 aliphatic heterocycles. The van der Waals surface area contributed by atoms with E-state index in [4.69, 9.17) is 0 Å². The van der Waals surface area contributed by atoms with Gasteiger partial charge in [-0.05, 0) is 32.1 Å². The molecule has 1 atom stereocenters. The van der Waals surface area contributed by atoms with E-state index in [9.17, 15) is 4.79 Å². The first-order chi connectivity index (χ1) is 7.13. The molecule has 1 aliphatic carbocycles. The second-order valence-electron chi connectivity index (χ2n) is 4.81. The van der Waals surface area contributed by atoms with E-state index < -0.39 is 0 Å². The van der Waals surface area contributed by atoms with Crippen LogP contribution in [0.15, 0.2) is 0 Å². The van der Waals surface area contributed by atoms with E-state index in [0.717, 1.165) is 25.3 Å². The molecule has 0 heterocycles. The molecule has 1 unspecified atom stereocenters. The molecule has 88 valence electrons. The average Bonchev–Trinajstić information content (AvgIpc) is 2.15. The molecule has 0 radical (unpaired) electrons. The summed E-state index contributed by atoms with van der Waals surface area (Å²) in [5.41, 5.74) is 0. The summed E-state index contributed by atoms with van der Waals surface area (Å²) in [6.45, 7) is 7.14. The molecular weight excluding hydrogens is 188 g/mol. The highest BCUT2D eigenvalue weighted by Crippen LogP contribution is 2.26. The Bertz CT molecular complexity index is 200. The lowest BCUT2D eigenvalue weighted by Gasteiger charge is -2.35. The SMILES string of the molecule is CCCCNC(=O)C(C)NC1CC(C)C1. The Morgan fingerprint density at radius 3 is 2.67 bits per heavy atom. The summed E-state index contributed by atoms with van der Waals surface area (Å²) < 4.78 is 0. The van der Waals surface area contributed by atoms with Gasteiger partial charge in [-0.1, -0.05) is 20.3 Å². The van der Waals surface area contributed by atoms with Crippen molar-refractivity contribution < 1.29 is 4.79 Å². The average molecular weight is 212 g/mol. The molecule has 3 nitrogen and oxygen atoms in total. The third-order valence-electron chi connectivity index (χ3n) is 3.08. The standard InChI is InChI=1S/C12H24N2O/c1-4-5-6-13-12(15)10(3)14-11-7-9(2)8-11/h9-11,14H,4-8H2,1-3H3,(H,13,15). The van der Waals surface area contributed by atoms with Gasteiger partial charge in [-0.3, -0.25) is 4.79 Å². The number of hydrogen-bond donors (Lipinski definition) is 2. The zero-order valence-corrected chi connectivity index (χ0v) is 10.2. The third kappa shape index (κ3) is 4.20. The van der Waals surface area contributed by atoms with Crippen LogP contribution in [-0.2, 0) is 4.79 Å². The largest absolute Gasteiger partial charge is 0.355 e.